The molecule has 148 valence electrons. The summed E-state index contributed by atoms with van der Waals surface area (Å²) in [7, 11) is 0. The Bertz CT molecular complexity index is 610. The van der Waals surface area contributed by atoms with E-state index in [9.17, 15) is 10.1 Å². The summed E-state index contributed by atoms with van der Waals surface area (Å²) in [6.45, 7) is 4.75. The molecule has 4 heteroatoms. The second-order valence-corrected chi connectivity index (χ2v) is 7.62. The number of benzene rings is 1. The molecule has 4 nitrogen and oxygen atoms in total. The Kier molecular flexibility index (Phi) is 8.64. The number of nitrogens with zero attached hydrogens (tertiary/aromatic N) is 1. The standard InChI is InChI=1S/C23H33NO3/c1-3-5-6-7-8-15-23(18-24)16-13-21(14-17-23)27-22(25)19-9-11-20(12-10-19)26-4-2/h9-12,21H,3-8,13-17H2,1-2H3. The van der Waals surface area contributed by atoms with Crippen LogP contribution >= 0.6 is 0 Å². The Morgan fingerprint density at radius 2 is 1.78 bits per heavy atom. The number of rotatable bonds is 10. The number of carbonyl (C=O) groups excluding carboxylic acids is 1. The van der Waals surface area contributed by atoms with Crippen LogP contribution in [0.3, 0.4) is 0 Å². The molecule has 0 spiro atoms. The van der Waals surface area contributed by atoms with Gasteiger partial charge in [-0.1, -0.05) is 39.0 Å². The predicted molar refractivity (Wildman–Crippen MR) is 107 cm³/mol. The Morgan fingerprint density at radius 1 is 1.11 bits per heavy atom. The van der Waals surface area contributed by atoms with Crippen LogP contribution in [0.1, 0.15) is 88.4 Å². The molecule has 1 aromatic rings. The Balaban J connectivity index is 1.78. The zero-order valence-electron chi connectivity index (χ0n) is 16.8. The number of ether oxygens (including phenoxy) is 2. The molecule has 1 aliphatic carbocycles. The molecule has 0 amide bonds. The van der Waals surface area contributed by atoms with Gasteiger partial charge in [0.2, 0.25) is 0 Å². The smallest absolute Gasteiger partial charge is 0.338 e. The van der Waals surface area contributed by atoms with Crippen LogP contribution < -0.4 is 4.74 Å². The largest absolute Gasteiger partial charge is 0.494 e. The van der Waals surface area contributed by atoms with E-state index in [1.165, 1.54) is 25.7 Å². The third-order valence-corrected chi connectivity index (χ3v) is 5.56. The summed E-state index contributed by atoms with van der Waals surface area (Å²) in [6.07, 6.45) is 10.3. The van der Waals surface area contributed by atoms with Crippen molar-refractivity contribution < 1.29 is 14.3 Å². The van der Waals surface area contributed by atoms with Crippen LogP contribution in [0.15, 0.2) is 24.3 Å². The van der Waals surface area contributed by atoms with Crippen LogP contribution in [0.4, 0.5) is 0 Å². The van der Waals surface area contributed by atoms with Gasteiger partial charge in [0.05, 0.1) is 23.7 Å². The van der Waals surface area contributed by atoms with Gasteiger partial charge in [-0.2, -0.15) is 5.26 Å². The first kappa shape index (κ1) is 21.3. The van der Waals surface area contributed by atoms with Crippen LogP contribution in [0.5, 0.6) is 5.75 Å². The number of hydrogen-bond acceptors (Lipinski definition) is 4. The second kappa shape index (κ2) is 11.0. The molecule has 2 rings (SSSR count). The van der Waals surface area contributed by atoms with Crippen molar-refractivity contribution in [2.75, 3.05) is 6.61 Å². The molecule has 0 N–H and O–H groups in total. The highest BCUT2D eigenvalue weighted by molar-refractivity contribution is 5.89. The van der Waals surface area contributed by atoms with Crippen molar-refractivity contribution >= 4 is 5.97 Å². The van der Waals surface area contributed by atoms with Crippen LogP contribution in [0.25, 0.3) is 0 Å². The van der Waals surface area contributed by atoms with Crippen molar-refractivity contribution in [3.63, 3.8) is 0 Å². The zero-order chi connectivity index (χ0) is 19.5. The lowest BCUT2D eigenvalue weighted by Crippen LogP contribution is -2.31. The van der Waals surface area contributed by atoms with Gasteiger partial charge in [-0.05, 0) is 63.3 Å². The lowest BCUT2D eigenvalue weighted by molar-refractivity contribution is 0.0105. The second-order valence-electron chi connectivity index (χ2n) is 7.62. The first-order valence-corrected chi connectivity index (χ1v) is 10.5. The lowest BCUT2D eigenvalue weighted by Gasteiger charge is -2.34. The van der Waals surface area contributed by atoms with E-state index >= 15 is 0 Å². The summed E-state index contributed by atoms with van der Waals surface area (Å²) in [5.74, 6) is 0.469. The molecular formula is C23H33NO3. The number of hydrogen-bond donors (Lipinski definition) is 0. The van der Waals surface area contributed by atoms with Crippen LogP contribution in [0.2, 0.25) is 0 Å². The molecule has 27 heavy (non-hydrogen) atoms. The van der Waals surface area contributed by atoms with Gasteiger partial charge < -0.3 is 9.47 Å². The molecule has 0 saturated heterocycles. The van der Waals surface area contributed by atoms with Gasteiger partial charge in [-0.25, -0.2) is 4.79 Å². The highest BCUT2D eigenvalue weighted by atomic mass is 16.5. The van der Waals surface area contributed by atoms with E-state index in [2.05, 4.69) is 13.0 Å². The van der Waals surface area contributed by atoms with E-state index in [1.54, 1.807) is 24.3 Å². The van der Waals surface area contributed by atoms with Gasteiger partial charge in [-0.3, -0.25) is 0 Å². The van der Waals surface area contributed by atoms with Crippen LogP contribution in [0, 0.1) is 16.7 Å². The third kappa shape index (κ3) is 6.57. The Hall–Kier alpha value is -2.02. The van der Waals surface area contributed by atoms with E-state index in [0.717, 1.165) is 44.3 Å². The minimum atomic E-state index is -0.285. The Morgan fingerprint density at radius 3 is 2.37 bits per heavy atom. The van der Waals surface area contributed by atoms with Crippen LogP contribution in [-0.4, -0.2) is 18.7 Å². The quantitative estimate of drug-likeness (QED) is 0.371. The van der Waals surface area contributed by atoms with Crippen molar-refractivity contribution in [3.8, 4) is 11.8 Å². The molecule has 0 atom stereocenters. The summed E-state index contributed by atoms with van der Waals surface area (Å²) in [5, 5.41) is 9.69. The highest BCUT2D eigenvalue weighted by Crippen LogP contribution is 2.41. The van der Waals surface area contributed by atoms with E-state index in [-0.39, 0.29) is 17.5 Å². The third-order valence-electron chi connectivity index (χ3n) is 5.56. The van der Waals surface area contributed by atoms with Gasteiger partial charge in [0, 0.05) is 0 Å². The van der Waals surface area contributed by atoms with Crippen LogP contribution in [-0.2, 0) is 4.74 Å². The molecule has 0 bridgehead atoms. The van der Waals surface area contributed by atoms with Crippen molar-refractivity contribution in [2.24, 2.45) is 5.41 Å². The number of esters is 1. The molecule has 0 unspecified atom stereocenters. The fourth-order valence-electron chi connectivity index (χ4n) is 3.82. The maximum Gasteiger partial charge on any atom is 0.338 e. The summed E-state index contributed by atoms with van der Waals surface area (Å²) in [4.78, 5) is 12.4. The molecule has 0 aromatic heterocycles. The molecule has 0 radical (unpaired) electrons. The van der Waals surface area contributed by atoms with Gasteiger partial charge in [0.15, 0.2) is 0 Å². The van der Waals surface area contributed by atoms with Crippen molar-refractivity contribution in [1.82, 2.24) is 0 Å². The van der Waals surface area contributed by atoms with Crippen molar-refractivity contribution in [2.45, 2.75) is 84.2 Å². The average molecular weight is 372 g/mol. The van der Waals surface area contributed by atoms with Crippen molar-refractivity contribution in [3.05, 3.63) is 29.8 Å². The normalized spacial score (nSPS) is 22.0. The first-order chi connectivity index (χ1) is 13.1. The van der Waals surface area contributed by atoms with E-state index in [4.69, 9.17) is 9.47 Å². The van der Waals surface area contributed by atoms with E-state index in [1.807, 2.05) is 6.92 Å². The number of carbonyl (C=O) groups is 1. The molecule has 0 aliphatic heterocycles. The summed E-state index contributed by atoms with van der Waals surface area (Å²) in [5.41, 5.74) is 0.334. The summed E-state index contributed by atoms with van der Waals surface area (Å²) >= 11 is 0. The van der Waals surface area contributed by atoms with Gasteiger partial charge >= 0.3 is 5.97 Å². The molecular weight excluding hydrogens is 338 g/mol. The summed E-state index contributed by atoms with van der Waals surface area (Å²) < 4.78 is 11.1. The molecule has 0 heterocycles. The van der Waals surface area contributed by atoms with E-state index in [0.29, 0.717) is 12.2 Å². The van der Waals surface area contributed by atoms with E-state index < -0.39 is 0 Å². The number of nitriles is 1. The maximum atomic E-state index is 12.4. The predicted octanol–water partition coefficient (Wildman–Crippen LogP) is 6.06. The molecule has 1 fully saturated rings. The lowest BCUT2D eigenvalue weighted by atomic mass is 9.71. The monoisotopic (exact) mass is 371 g/mol. The topological polar surface area (TPSA) is 59.3 Å². The van der Waals surface area contributed by atoms with Gasteiger partial charge in [-0.15, -0.1) is 0 Å². The summed E-state index contributed by atoms with van der Waals surface area (Å²) in [6, 6.07) is 9.65. The Labute approximate surface area is 163 Å². The van der Waals surface area contributed by atoms with Crippen molar-refractivity contribution in [1.29, 1.82) is 5.26 Å². The minimum absolute atomic E-state index is 0.0781. The zero-order valence-corrected chi connectivity index (χ0v) is 16.8. The number of unbranched alkanes of at least 4 members (excludes halogenated alkanes) is 4. The fourth-order valence-corrected chi connectivity index (χ4v) is 3.82. The maximum absolute atomic E-state index is 12.4. The first-order valence-electron chi connectivity index (χ1n) is 10.5. The van der Waals surface area contributed by atoms with Gasteiger partial charge in [0.1, 0.15) is 11.9 Å². The fraction of sp³-hybridized carbons (Fsp3) is 0.652. The molecule has 1 aromatic carbocycles. The van der Waals surface area contributed by atoms with Gasteiger partial charge in [0.25, 0.3) is 0 Å². The molecule has 1 aliphatic rings. The average Bonchev–Trinajstić information content (AvgIpc) is 2.70. The highest BCUT2D eigenvalue weighted by Gasteiger charge is 2.36. The SMILES string of the molecule is CCCCCCCC1(C#N)CCC(OC(=O)c2ccc(OCC)cc2)CC1. The minimum Gasteiger partial charge on any atom is -0.494 e. The molecule has 1 saturated carbocycles.